The van der Waals surface area contributed by atoms with Crippen molar-refractivity contribution in [2.45, 2.75) is 11.3 Å². The maximum Gasteiger partial charge on any atom is 0.573 e. The molecule has 1 aromatic rings. The van der Waals surface area contributed by atoms with Crippen LogP contribution in [0.25, 0.3) is 0 Å². The van der Waals surface area contributed by atoms with Crippen molar-refractivity contribution in [2.75, 3.05) is 5.73 Å². The van der Waals surface area contributed by atoms with Crippen molar-refractivity contribution in [3.63, 3.8) is 0 Å². The highest BCUT2D eigenvalue weighted by molar-refractivity contribution is 9.10. The number of anilines is 1. The molecule has 5 nitrogen and oxygen atoms in total. The van der Waals surface area contributed by atoms with Gasteiger partial charge in [0.2, 0.25) is 10.0 Å². The minimum atomic E-state index is -5.04. The molecule has 0 aliphatic rings. The molecule has 0 bridgehead atoms. The van der Waals surface area contributed by atoms with E-state index in [4.69, 9.17) is 10.9 Å². The van der Waals surface area contributed by atoms with E-state index < -0.39 is 27.0 Å². The van der Waals surface area contributed by atoms with Crippen molar-refractivity contribution in [1.82, 2.24) is 0 Å². The lowest BCUT2D eigenvalue weighted by atomic mass is 10.3. The van der Waals surface area contributed by atoms with Crippen LogP contribution >= 0.6 is 15.9 Å². The van der Waals surface area contributed by atoms with Gasteiger partial charge in [-0.25, -0.2) is 13.6 Å². The SMILES string of the molecule is Nc1cc(OC(F)(F)F)c(S(N)(=O)=O)cc1Br. The molecule has 10 heteroatoms. The van der Waals surface area contributed by atoms with Crippen LogP contribution in [0, 0.1) is 0 Å². The third kappa shape index (κ3) is 3.75. The molecule has 0 amide bonds. The van der Waals surface area contributed by atoms with Gasteiger partial charge in [0.05, 0.1) is 0 Å². The van der Waals surface area contributed by atoms with Gasteiger partial charge in [-0.1, -0.05) is 0 Å². The molecule has 0 saturated heterocycles. The number of halogens is 4. The third-order valence-corrected chi connectivity index (χ3v) is 3.21. The van der Waals surface area contributed by atoms with Crippen molar-refractivity contribution in [1.29, 1.82) is 0 Å². The quantitative estimate of drug-likeness (QED) is 0.802. The fourth-order valence-electron chi connectivity index (χ4n) is 0.978. The number of sulfonamides is 1. The monoisotopic (exact) mass is 334 g/mol. The summed E-state index contributed by atoms with van der Waals surface area (Å²) in [5, 5.41) is 4.76. The number of nitrogen functional groups attached to an aromatic ring is 1. The van der Waals surface area contributed by atoms with Crippen LogP contribution in [-0.4, -0.2) is 14.8 Å². The molecule has 17 heavy (non-hydrogen) atoms. The number of primary sulfonamides is 1. The Balaban J connectivity index is 3.42. The van der Waals surface area contributed by atoms with Gasteiger partial charge in [0.1, 0.15) is 4.90 Å². The molecule has 4 N–H and O–H groups in total. The lowest BCUT2D eigenvalue weighted by Crippen LogP contribution is -2.21. The molecular formula is C7H6BrF3N2O3S. The zero-order valence-electron chi connectivity index (χ0n) is 7.95. The maximum atomic E-state index is 12.0. The zero-order valence-corrected chi connectivity index (χ0v) is 10.4. The molecular weight excluding hydrogens is 329 g/mol. The Morgan fingerprint density at radius 2 is 1.82 bits per heavy atom. The van der Waals surface area contributed by atoms with E-state index in [1.165, 1.54) is 0 Å². The maximum absolute atomic E-state index is 12.0. The number of hydrogen-bond donors (Lipinski definition) is 2. The van der Waals surface area contributed by atoms with Crippen LogP contribution in [0.1, 0.15) is 0 Å². The molecule has 1 aromatic carbocycles. The van der Waals surface area contributed by atoms with Gasteiger partial charge in [-0.2, -0.15) is 0 Å². The Hall–Kier alpha value is -1.00. The topological polar surface area (TPSA) is 95.4 Å². The van der Waals surface area contributed by atoms with Crippen molar-refractivity contribution in [3.05, 3.63) is 16.6 Å². The standard InChI is InChI=1S/C7H6BrF3N2O3S/c8-3-1-6(17(13,14)15)5(2-4(3)12)16-7(9,10)11/h1-2H,12H2,(H2,13,14,15). The van der Waals surface area contributed by atoms with E-state index in [1.54, 1.807) is 0 Å². The van der Waals surface area contributed by atoms with Crippen molar-refractivity contribution in [3.8, 4) is 5.75 Å². The average Bonchev–Trinajstić information content (AvgIpc) is 2.06. The van der Waals surface area contributed by atoms with Crippen LogP contribution in [-0.2, 0) is 10.0 Å². The summed E-state index contributed by atoms with van der Waals surface area (Å²) in [5.41, 5.74) is 5.21. The molecule has 0 aromatic heterocycles. The van der Waals surface area contributed by atoms with Crippen LogP contribution in [0.4, 0.5) is 18.9 Å². The number of ether oxygens (including phenoxy) is 1. The second-order valence-electron chi connectivity index (χ2n) is 2.91. The predicted octanol–water partition coefficient (Wildman–Crippen LogP) is 1.58. The number of alkyl halides is 3. The Kier molecular flexibility index (Phi) is 3.60. The summed E-state index contributed by atoms with van der Waals surface area (Å²) in [6, 6.07) is 1.56. The van der Waals surface area contributed by atoms with Crippen LogP contribution in [0.5, 0.6) is 5.75 Å². The smallest absolute Gasteiger partial charge is 0.404 e. The molecule has 1 rings (SSSR count). The van der Waals surface area contributed by atoms with Gasteiger partial charge in [0, 0.05) is 16.2 Å². The molecule has 0 heterocycles. The predicted molar refractivity (Wildman–Crippen MR) is 56.6 cm³/mol. The highest BCUT2D eigenvalue weighted by atomic mass is 79.9. The molecule has 0 unspecified atom stereocenters. The summed E-state index contributed by atoms with van der Waals surface area (Å²) in [6.07, 6.45) is -5.04. The Morgan fingerprint density at radius 3 is 2.24 bits per heavy atom. The van der Waals surface area contributed by atoms with Gasteiger partial charge in [-0.05, 0) is 22.0 Å². The first-order valence-corrected chi connectivity index (χ1v) is 6.22. The fourth-order valence-corrected chi connectivity index (χ4v) is 2.14. The van der Waals surface area contributed by atoms with Crippen LogP contribution in [0.2, 0.25) is 0 Å². The van der Waals surface area contributed by atoms with Gasteiger partial charge >= 0.3 is 6.36 Å². The van der Waals surface area contributed by atoms with Gasteiger partial charge in [0.25, 0.3) is 0 Å². The summed E-state index contributed by atoms with van der Waals surface area (Å²) < 4.78 is 61.9. The van der Waals surface area contributed by atoms with E-state index in [2.05, 4.69) is 20.7 Å². The third-order valence-electron chi connectivity index (χ3n) is 1.60. The van der Waals surface area contributed by atoms with Gasteiger partial charge in [-0.3, -0.25) is 0 Å². The van der Waals surface area contributed by atoms with E-state index in [1.807, 2.05) is 0 Å². The van der Waals surface area contributed by atoms with E-state index in [-0.39, 0.29) is 10.2 Å². The minimum absolute atomic E-state index is 0.0936. The van der Waals surface area contributed by atoms with Gasteiger partial charge in [0.15, 0.2) is 5.75 Å². The Labute approximate surface area is 103 Å². The van der Waals surface area contributed by atoms with E-state index >= 15 is 0 Å². The highest BCUT2D eigenvalue weighted by Gasteiger charge is 2.34. The van der Waals surface area contributed by atoms with Crippen LogP contribution in [0.15, 0.2) is 21.5 Å². The van der Waals surface area contributed by atoms with Gasteiger partial charge in [-0.15, -0.1) is 13.2 Å². The molecule has 0 radical (unpaired) electrons. The Morgan fingerprint density at radius 1 is 1.29 bits per heavy atom. The molecule has 96 valence electrons. The zero-order chi connectivity index (χ0) is 13.4. The summed E-state index contributed by atoms with van der Waals surface area (Å²) >= 11 is 2.87. The fraction of sp³-hybridized carbons (Fsp3) is 0.143. The number of rotatable bonds is 2. The van der Waals surface area contributed by atoms with E-state index in [0.717, 1.165) is 12.1 Å². The van der Waals surface area contributed by atoms with Crippen LogP contribution < -0.4 is 15.6 Å². The van der Waals surface area contributed by atoms with Crippen molar-refractivity contribution in [2.24, 2.45) is 5.14 Å². The summed E-state index contributed by atoms with van der Waals surface area (Å²) in [6.45, 7) is 0. The van der Waals surface area contributed by atoms with Crippen molar-refractivity contribution >= 4 is 31.6 Å². The lowest BCUT2D eigenvalue weighted by molar-refractivity contribution is -0.275. The van der Waals surface area contributed by atoms with Crippen molar-refractivity contribution < 1.29 is 26.3 Å². The number of nitrogens with two attached hydrogens (primary N) is 2. The summed E-state index contributed by atoms with van der Waals surface area (Å²) in [4.78, 5) is -0.809. The first kappa shape index (κ1) is 14.1. The summed E-state index contributed by atoms with van der Waals surface area (Å²) in [5.74, 6) is -0.972. The van der Waals surface area contributed by atoms with E-state index in [9.17, 15) is 21.6 Å². The molecule has 0 fully saturated rings. The second kappa shape index (κ2) is 4.35. The molecule has 0 aliphatic carbocycles. The van der Waals surface area contributed by atoms with Crippen LogP contribution in [0.3, 0.4) is 0 Å². The average molecular weight is 335 g/mol. The number of benzene rings is 1. The Bertz CT molecular complexity index is 544. The van der Waals surface area contributed by atoms with E-state index in [0.29, 0.717) is 0 Å². The molecule has 0 spiro atoms. The van der Waals surface area contributed by atoms with Gasteiger partial charge < -0.3 is 10.5 Å². The minimum Gasteiger partial charge on any atom is -0.404 e. The molecule has 0 saturated carbocycles. The first-order chi connectivity index (χ1) is 7.50. The molecule has 0 aliphatic heterocycles. The molecule has 0 atom stereocenters. The highest BCUT2D eigenvalue weighted by Crippen LogP contribution is 2.34. The first-order valence-electron chi connectivity index (χ1n) is 3.88. The summed E-state index contributed by atoms with van der Waals surface area (Å²) in [7, 11) is -4.36. The number of hydrogen-bond acceptors (Lipinski definition) is 4. The second-order valence-corrected chi connectivity index (χ2v) is 5.30. The lowest BCUT2D eigenvalue weighted by Gasteiger charge is -2.13. The largest absolute Gasteiger partial charge is 0.573 e. The normalized spacial score (nSPS) is 12.5.